The van der Waals surface area contributed by atoms with Crippen LogP contribution in [0.4, 0.5) is 0 Å². The predicted molar refractivity (Wildman–Crippen MR) is 69.7 cm³/mol. The Morgan fingerprint density at radius 3 is 2.74 bits per heavy atom. The van der Waals surface area contributed by atoms with Crippen molar-refractivity contribution in [3.63, 3.8) is 0 Å². The summed E-state index contributed by atoms with van der Waals surface area (Å²) in [5, 5.41) is 0. The molecule has 0 aliphatic carbocycles. The van der Waals surface area contributed by atoms with Gasteiger partial charge >= 0.3 is 0 Å². The van der Waals surface area contributed by atoms with Crippen LogP contribution in [0.2, 0.25) is 0 Å². The van der Waals surface area contributed by atoms with E-state index in [1.165, 1.54) is 5.56 Å². The molecule has 3 rings (SSSR count). The van der Waals surface area contributed by atoms with Gasteiger partial charge in [-0.3, -0.25) is 0 Å². The molecular formula is C15H20O4. The summed E-state index contributed by atoms with van der Waals surface area (Å²) < 4.78 is 22.6. The average Bonchev–Trinajstić information content (AvgIpc) is 3.07. The fraction of sp³-hybridized carbons (Fsp3) is 0.600. The molecule has 0 N–H and O–H groups in total. The quantitative estimate of drug-likeness (QED) is 0.764. The van der Waals surface area contributed by atoms with E-state index in [0.29, 0.717) is 19.8 Å². The van der Waals surface area contributed by atoms with Crippen LogP contribution in [0.5, 0.6) is 0 Å². The van der Waals surface area contributed by atoms with Gasteiger partial charge in [0.1, 0.15) is 18.3 Å². The molecule has 4 nitrogen and oxygen atoms in total. The van der Waals surface area contributed by atoms with Gasteiger partial charge in [-0.1, -0.05) is 30.3 Å². The molecule has 0 radical (unpaired) electrons. The van der Waals surface area contributed by atoms with Crippen molar-refractivity contribution in [2.24, 2.45) is 0 Å². The fourth-order valence-electron chi connectivity index (χ4n) is 2.36. The molecule has 0 spiro atoms. The zero-order chi connectivity index (χ0) is 13.3. The van der Waals surface area contributed by atoms with Crippen molar-refractivity contribution >= 4 is 0 Å². The van der Waals surface area contributed by atoms with Crippen LogP contribution in [0.25, 0.3) is 0 Å². The van der Waals surface area contributed by atoms with Crippen LogP contribution in [-0.2, 0) is 25.6 Å². The lowest BCUT2D eigenvalue weighted by molar-refractivity contribution is -0.140. The second-order valence-electron chi connectivity index (χ2n) is 5.51. The van der Waals surface area contributed by atoms with Crippen LogP contribution in [0.15, 0.2) is 30.3 Å². The summed E-state index contributed by atoms with van der Waals surface area (Å²) in [6.07, 6.45) is 0.309. The van der Waals surface area contributed by atoms with Gasteiger partial charge in [-0.2, -0.15) is 0 Å². The highest BCUT2D eigenvalue weighted by molar-refractivity contribution is 5.13. The first kappa shape index (κ1) is 13.1. The zero-order valence-corrected chi connectivity index (χ0v) is 11.4. The summed E-state index contributed by atoms with van der Waals surface area (Å²) in [7, 11) is 0. The van der Waals surface area contributed by atoms with Gasteiger partial charge in [0.2, 0.25) is 0 Å². The molecule has 2 aliphatic rings. The standard InChI is InChI=1S/C15H20O4/c1-15(2)17-10-13(19-15)14-12(18-14)9-16-8-11-6-4-3-5-7-11/h3-7,12-14H,8-10H2,1-2H3/t12-,13+,14+/m1/s1. The number of rotatable bonds is 5. The van der Waals surface area contributed by atoms with E-state index in [2.05, 4.69) is 12.1 Å². The molecule has 0 amide bonds. The van der Waals surface area contributed by atoms with E-state index in [-0.39, 0.29) is 18.3 Å². The van der Waals surface area contributed by atoms with Crippen molar-refractivity contribution in [1.82, 2.24) is 0 Å². The van der Waals surface area contributed by atoms with Crippen LogP contribution in [0, 0.1) is 0 Å². The minimum absolute atomic E-state index is 0.0420. The van der Waals surface area contributed by atoms with E-state index < -0.39 is 5.79 Å². The van der Waals surface area contributed by atoms with Gasteiger partial charge in [-0.15, -0.1) is 0 Å². The van der Waals surface area contributed by atoms with Crippen LogP contribution in [0.1, 0.15) is 19.4 Å². The SMILES string of the molecule is CC1(C)OC[C@@H]([C@H]2O[C@@H]2COCc2ccccc2)O1. The molecule has 0 unspecified atom stereocenters. The Balaban J connectivity index is 1.38. The summed E-state index contributed by atoms with van der Waals surface area (Å²) in [5.41, 5.74) is 1.18. The first-order valence-electron chi connectivity index (χ1n) is 6.73. The lowest BCUT2D eigenvalue weighted by atomic mass is 10.2. The maximum atomic E-state index is 5.76. The Labute approximate surface area is 113 Å². The number of ether oxygens (including phenoxy) is 4. The molecule has 2 fully saturated rings. The van der Waals surface area contributed by atoms with Crippen LogP contribution < -0.4 is 0 Å². The van der Waals surface area contributed by atoms with Gasteiger partial charge in [-0.25, -0.2) is 0 Å². The Bertz CT molecular complexity index is 417. The monoisotopic (exact) mass is 264 g/mol. The summed E-state index contributed by atoms with van der Waals surface area (Å²) in [6, 6.07) is 10.1. The second kappa shape index (κ2) is 5.21. The van der Waals surface area contributed by atoms with Gasteiger partial charge in [0.25, 0.3) is 0 Å². The van der Waals surface area contributed by atoms with Gasteiger partial charge in [0.15, 0.2) is 5.79 Å². The average molecular weight is 264 g/mol. The van der Waals surface area contributed by atoms with Gasteiger partial charge in [-0.05, 0) is 19.4 Å². The molecule has 2 aliphatic heterocycles. The molecule has 0 aromatic heterocycles. The van der Waals surface area contributed by atoms with Crippen molar-refractivity contribution in [2.45, 2.75) is 44.6 Å². The van der Waals surface area contributed by atoms with Crippen LogP contribution >= 0.6 is 0 Å². The topological polar surface area (TPSA) is 40.2 Å². The predicted octanol–water partition coefficient (Wildman–Crippen LogP) is 2.12. The largest absolute Gasteiger partial charge is 0.374 e. The third-order valence-corrected chi connectivity index (χ3v) is 3.41. The van der Waals surface area contributed by atoms with Gasteiger partial charge < -0.3 is 18.9 Å². The molecule has 1 aromatic rings. The molecule has 19 heavy (non-hydrogen) atoms. The van der Waals surface area contributed by atoms with E-state index in [0.717, 1.165) is 0 Å². The van der Waals surface area contributed by atoms with Crippen molar-refractivity contribution in [3.05, 3.63) is 35.9 Å². The van der Waals surface area contributed by atoms with Crippen LogP contribution in [-0.4, -0.2) is 37.3 Å². The highest BCUT2D eigenvalue weighted by Gasteiger charge is 2.50. The van der Waals surface area contributed by atoms with Gasteiger partial charge in [0, 0.05) is 0 Å². The third-order valence-electron chi connectivity index (χ3n) is 3.41. The lowest BCUT2D eigenvalue weighted by Crippen LogP contribution is -2.25. The summed E-state index contributed by atoms with van der Waals surface area (Å²) in [6.45, 7) is 5.69. The van der Waals surface area contributed by atoms with E-state index in [4.69, 9.17) is 18.9 Å². The van der Waals surface area contributed by atoms with Crippen molar-refractivity contribution < 1.29 is 18.9 Å². The normalized spacial score (nSPS) is 32.4. The molecule has 104 valence electrons. The molecule has 4 heteroatoms. The minimum atomic E-state index is -0.480. The smallest absolute Gasteiger partial charge is 0.163 e. The van der Waals surface area contributed by atoms with Crippen LogP contribution in [0.3, 0.4) is 0 Å². The Hall–Kier alpha value is -0.940. The maximum Gasteiger partial charge on any atom is 0.163 e. The maximum absolute atomic E-state index is 5.76. The number of hydrogen-bond donors (Lipinski definition) is 0. The molecule has 2 saturated heterocycles. The Morgan fingerprint density at radius 2 is 2.05 bits per heavy atom. The first-order valence-corrected chi connectivity index (χ1v) is 6.73. The number of benzene rings is 1. The molecule has 1 aromatic carbocycles. The Kier molecular flexibility index (Phi) is 3.58. The van der Waals surface area contributed by atoms with Crippen molar-refractivity contribution in [1.29, 1.82) is 0 Å². The van der Waals surface area contributed by atoms with E-state index in [1.807, 2.05) is 32.0 Å². The first-order chi connectivity index (χ1) is 9.14. The summed E-state index contributed by atoms with van der Waals surface area (Å²) in [5.74, 6) is -0.480. The molecule has 0 saturated carbocycles. The van der Waals surface area contributed by atoms with Crippen molar-refractivity contribution in [3.8, 4) is 0 Å². The molecule has 0 bridgehead atoms. The van der Waals surface area contributed by atoms with Crippen molar-refractivity contribution in [2.75, 3.05) is 13.2 Å². The molecule has 3 atom stereocenters. The van der Waals surface area contributed by atoms with E-state index in [9.17, 15) is 0 Å². The number of hydrogen-bond acceptors (Lipinski definition) is 4. The fourth-order valence-corrected chi connectivity index (χ4v) is 2.36. The molecule has 2 heterocycles. The third kappa shape index (κ3) is 3.34. The zero-order valence-electron chi connectivity index (χ0n) is 11.4. The van der Waals surface area contributed by atoms with Gasteiger partial charge in [0.05, 0.1) is 19.8 Å². The lowest BCUT2D eigenvalue weighted by Gasteiger charge is -2.16. The second-order valence-corrected chi connectivity index (χ2v) is 5.51. The highest BCUT2D eigenvalue weighted by atomic mass is 16.8. The minimum Gasteiger partial charge on any atom is -0.374 e. The highest BCUT2D eigenvalue weighted by Crippen LogP contribution is 2.34. The summed E-state index contributed by atoms with van der Waals surface area (Å²) in [4.78, 5) is 0. The van der Waals surface area contributed by atoms with E-state index >= 15 is 0 Å². The van der Waals surface area contributed by atoms with E-state index in [1.54, 1.807) is 0 Å². The Morgan fingerprint density at radius 1 is 1.26 bits per heavy atom. The molecular weight excluding hydrogens is 244 g/mol. The summed E-state index contributed by atoms with van der Waals surface area (Å²) >= 11 is 0. The number of epoxide rings is 1.